The maximum atomic E-state index is 12.9. The minimum Gasteiger partial charge on any atom is -0.346 e. The molecule has 5 nitrogen and oxygen atoms in total. The predicted molar refractivity (Wildman–Crippen MR) is 104 cm³/mol. The van der Waals surface area contributed by atoms with E-state index in [2.05, 4.69) is 20.8 Å². The van der Waals surface area contributed by atoms with Gasteiger partial charge in [0.05, 0.1) is 6.54 Å². The van der Waals surface area contributed by atoms with Gasteiger partial charge in [0.2, 0.25) is 5.01 Å². The molecule has 3 aromatic rings. The Kier molecular flexibility index (Phi) is 6.49. The molecular weight excluding hydrogens is 387 g/mol. The van der Waals surface area contributed by atoms with Crippen LogP contribution in [0.5, 0.6) is 0 Å². The molecule has 1 aromatic heterocycles. The fourth-order valence-electron chi connectivity index (χ4n) is 2.45. The molecule has 1 atom stereocenters. The summed E-state index contributed by atoms with van der Waals surface area (Å²) in [6, 6.07) is 13.7. The number of rotatable bonds is 7. The number of carbonyl (C=O) groups is 1. The Bertz CT molecular complexity index is 916. The Hall–Kier alpha value is -2.35. The highest BCUT2D eigenvalue weighted by Crippen LogP contribution is 2.22. The summed E-state index contributed by atoms with van der Waals surface area (Å²) < 4.78 is 12.9. The molecule has 0 saturated heterocycles. The molecule has 0 radical (unpaired) electrons. The van der Waals surface area contributed by atoms with E-state index in [1.807, 2.05) is 31.2 Å². The van der Waals surface area contributed by atoms with Crippen molar-refractivity contribution in [1.29, 1.82) is 0 Å². The van der Waals surface area contributed by atoms with E-state index in [1.54, 1.807) is 12.1 Å². The summed E-state index contributed by atoms with van der Waals surface area (Å²) in [5.74, 6) is -0.611. The number of nitrogens with one attached hydrogen (secondary N) is 2. The standard InChI is InChI=1S/C19H18ClFN4OS/c1-12(15-4-2-3-5-16(15)20)22-11-17-24-25-19(27-17)18(26)23-10-13-6-8-14(21)9-7-13/h2-9,12,22H,10-11H2,1H3,(H,23,26). The number of hydrogen-bond acceptors (Lipinski definition) is 5. The van der Waals surface area contributed by atoms with Gasteiger partial charge in [-0.25, -0.2) is 4.39 Å². The van der Waals surface area contributed by atoms with E-state index in [0.717, 1.165) is 11.1 Å². The molecule has 0 aliphatic heterocycles. The zero-order valence-electron chi connectivity index (χ0n) is 14.6. The van der Waals surface area contributed by atoms with E-state index < -0.39 is 0 Å². The quantitative estimate of drug-likeness (QED) is 0.621. The molecule has 8 heteroatoms. The molecule has 1 unspecified atom stereocenters. The predicted octanol–water partition coefficient (Wildman–Crippen LogP) is 4.11. The van der Waals surface area contributed by atoms with Gasteiger partial charge in [0.15, 0.2) is 0 Å². The topological polar surface area (TPSA) is 66.9 Å². The second kappa shape index (κ2) is 9.03. The summed E-state index contributed by atoms with van der Waals surface area (Å²) in [6.07, 6.45) is 0. The van der Waals surface area contributed by atoms with Crippen LogP contribution in [0.2, 0.25) is 5.02 Å². The summed E-state index contributed by atoms with van der Waals surface area (Å²) in [4.78, 5) is 12.2. The molecule has 3 rings (SSSR count). The Balaban J connectivity index is 1.52. The Morgan fingerprint density at radius 1 is 1.15 bits per heavy atom. The number of aromatic nitrogens is 2. The Morgan fingerprint density at radius 2 is 1.89 bits per heavy atom. The van der Waals surface area contributed by atoms with Crippen molar-refractivity contribution in [2.75, 3.05) is 0 Å². The van der Waals surface area contributed by atoms with Gasteiger partial charge in [0.1, 0.15) is 10.8 Å². The normalized spacial score (nSPS) is 12.0. The van der Waals surface area contributed by atoms with Gasteiger partial charge in [-0.15, -0.1) is 10.2 Å². The third-order valence-electron chi connectivity index (χ3n) is 3.96. The molecule has 0 aliphatic rings. The SMILES string of the molecule is CC(NCc1nnc(C(=O)NCc2ccc(F)cc2)s1)c1ccccc1Cl. The molecule has 0 saturated carbocycles. The lowest BCUT2D eigenvalue weighted by Crippen LogP contribution is -2.22. The van der Waals surface area contributed by atoms with Gasteiger partial charge in [0, 0.05) is 17.6 Å². The largest absolute Gasteiger partial charge is 0.346 e. The van der Waals surface area contributed by atoms with Gasteiger partial charge in [-0.05, 0) is 36.2 Å². The second-order valence-electron chi connectivity index (χ2n) is 5.93. The number of carbonyl (C=O) groups excluding carboxylic acids is 1. The summed E-state index contributed by atoms with van der Waals surface area (Å²) in [5, 5.41) is 15.8. The van der Waals surface area contributed by atoms with Crippen LogP contribution in [0.1, 0.15) is 38.9 Å². The number of amides is 1. The molecule has 2 aromatic carbocycles. The highest BCUT2D eigenvalue weighted by atomic mass is 35.5. The lowest BCUT2D eigenvalue weighted by atomic mass is 10.1. The summed E-state index contributed by atoms with van der Waals surface area (Å²) in [6.45, 7) is 2.80. The molecule has 0 bridgehead atoms. The van der Waals surface area contributed by atoms with Crippen molar-refractivity contribution in [3.8, 4) is 0 Å². The van der Waals surface area contributed by atoms with Crippen LogP contribution in [0.25, 0.3) is 0 Å². The molecule has 140 valence electrons. The molecule has 2 N–H and O–H groups in total. The zero-order chi connectivity index (χ0) is 19.2. The van der Waals surface area contributed by atoms with Gasteiger partial charge in [-0.1, -0.05) is 53.3 Å². The van der Waals surface area contributed by atoms with Crippen LogP contribution in [0, 0.1) is 5.82 Å². The minimum atomic E-state index is -0.308. The fraction of sp³-hybridized carbons (Fsp3) is 0.211. The lowest BCUT2D eigenvalue weighted by Gasteiger charge is -2.14. The number of nitrogens with zero attached hydrogens (tertiary/aromatic N) is 2. The number of benzene rings is 2. The highest BCUT2D eigenvalue weighted by molar-refractivity contribution is 7.13. The Labute approximate surface area is 165 Å². The van der Waals surface area contributed by atoms with E-state index in [0.29, 0.717) is 28.1 Å². The van der Waals surface area contributed by atoms with Crippen molar-refractivity contribution in [3.63, 3.8) is 0 Å². The van der Waals surface area contributed by atoms with Crippen molar-refractivity contribution in [1.82, 2.24) is 20.8 Å². The average Bonchev–Trinajstić information content (AvgIpc) is 3.15. The van der Waals surface area contributed by atoms with Crippen LogP contribution in [-0.4, -0.2) is 16.1 Å². The van der Waals surface area contributed by atoms with Gasteiger partial charge in [-0.3, -0.25) is 4.79 Å². The molecule has 27 heavy (non-hydrogen) atoms. The van der Waals surface area contributed by atoms with Crippen LogP contribution >= 0.6 is 22.9 Å². The van der Waals surface area contributed by atoms with E-state index in [4.69, 9.17) is 11.6 Å². The summed E-state index contributed by atoms with van der Waals surface area (Å²) in [7, 11) is 0. The molecule has 0 aliphatic carbocycles. The van der Waals surface area contributed by atoms with E-state index in [9.17, 15) is 9.18 Å². The molecule has 0 fully saturated rings. The van der Waals surface area contributed by atoms with Crippen LogP contribution < -0.4 is 10.6 Å². The first kappa shape index (κ1) is 19.4. The monoisotopic (exact) mass is 404 g/mol. The molecule has 1 amide bonds. The van der Waals surface area contributed by atoms with Crippen molar-refractivity contribution >= 4 is 28.8 Å². The van der Waals surface area contributed by atoms with Crippen LogP contribution in [0.3, 0.4) is 0 Å². The van der Waals surface area contributed by atoms with Gasteiger partial charge < -0.3 is 10.6 Å². The van der Waals surface area contributed by atoms with Gasteiger partial charge >= 0.3 is 0 Å². The van der Waals surface area contributed by atoms with E-state index in [1.165, 1.54) is 23.5 Å². The van der Waals surface area contributed by atoms with Crippen LogP contribution in [-0.2, 0) is 13.1 Å². The second-order valence-corrected chi connectivity index (χ2v) is 7.40. The summed E-state index contributed by atoms with van der Waals surface area (Å²) in [5.41, 5.74) is 1.81. The molecule has 0 spiro atoms. The number of halogens is 2. The molecule has 1 heterocycles. The minimum absolute atomic E-state index is 0.0401. The maximum absolute atomic E-state index is 12.9. The van der Waals surface area contributed by atoms with E-state index >= 15 is 0 Å². The third kappa shape index (κ3) is 5.32. The van der Waals surface area contributed by atoms with Gasteiger partial charge in [0.25, 0.3) is 5.91 Å². The smallest absolute Gasteiger partial charge is 0.282 e. The first-order valence-electron chi connectivity index (χ1n) is 8.36. The maximum Gasteiger partial charge on any atom is 0.282 e. The van der Waals surface area contributed by atoms with Crippen molar-refractivity contribution in [2.45, 2.75) is 26.1 Å². The van der Waals surface area contributed by atoms with Crippen molar-refractivity contribution < 1.29 is 9.18 Å². The zero-order valence-corrected chi connectivity index (χ0v) is 16.1. The van der Waals surface area contributed by atoms with E-state index in [-0.39, 0.29) is 17.8 Å². The van der Waals surface area contributed by atoms with Crippen LogP contribution in [0.4, 0.5) is 4.39 Å². The van der Waals surface area contributed by atoms with Crippen molar-refractivity contribution in [3.05, 3.63) is 80.5 Å². The Morgan fingerprint density at radius 3 is 2.63 bits per heavy atom. The fourth-order valence-corrected chi connectivity index (χ4v) is 3.46. The summed E-state index contributed by atoms with van der Waals surface area (Å²) >= 11 is 7.43. The third-order valence-corrected chi connectivity index (χ3v) is 5.22. The average molecular weight is 405 g/mol. The lowest BCUT2D eigenvalue weighted by molar-refractivity contribution is 0.0950. The first-order valence-corrected chi connectivity index (χ1v) is 9.55. The first-order chi connectivity index (χ1) is 13.0. The van der Waals surface area contributed by atoms with Crippen LogP contribution in [0.15, 0.2) is 48.5 Å². The van der Waals surface area contributed by atoms with Gasteiger partial charge in [-0.2, -0.15) is 0 Å². The van der Waals surface area contributed by atoms with Crippen molar-refractivity contribution in [2.24, 2.45) is 0 Å². The number of hydrogen-bond donors (Lipinski definition) is 2. The highest BCUT2D eigenvalue weighted by Gasteiger charge is 2.14. The molecular formula is C19H18ClFN4OS.